The first kappa shape index (κ1) is 9.41. The third-order valence-corrected chi connectivity index (χ3v) is 1.87. The van der Waals surface area contributed by atoms with Crippen molar-refractivity contribution >= 4 is 0 Å². The number of ether oxygens (including phenoxy) is 2. The van der Waals surface area contributed by atoms with Crippen molar-refractivity contribution in [2.45, 2.75) is 11.6 Å². The molecule has 0 aromatic heterocycles. The Labute approximate surface area is 70.7 Å². The first-order valence-electron chi connectivity index (χ1n) is 3.50. The molecule has 0 unspecified atom stereocenters. The van der Waals surface area contributed by atoms with Gasteiger partial charge in [0.15, 0.2) is 0 Å². The lowest BCUT2D eigenvalue weighted by molar-refractivity contribution is -0.328. The lowest BCUT2D eigenvalue weighted by atomic mass is 10.0. The van der Waals surface area contributed by atoms with Crippen LogP contribution in [0.2, 0.25) is 0 Å². The summed E-state index contributed by atoms with van der Waals surface area (Å²) in [5.74, 6) is -3.62. The van der Waals surface area contributed by atoms with E-state index in [9.17, 15) is 10.2 Å². The first-order valence-corrected chi connectivity index (χ1v) is 3.50. The fourth-order valence-corrected chi connectivity index (χ4v) is 1.13. The number of allylic oxidation sites excluding steroid dienone is 2. The molecule has 4 nitrogen and oxygen atoms in total. The van der Waals surface area contributed by atoms with Gasteiger partial charge in [-0.05, 0) is 12.2 Å². The summed E-state index contributed by atoms with van der Waals surface area (Å²) in [6.45, 7) is 0. The molecule has 0 spiro atoms. The van der Waals surface area contributed by atoms with Gasteiger partial charge in [-0.25, -0.2) is 0 Å². The van der Waals surface area contributed by atoms with Crippen molar-refractivity contribution < 1.29 is 19.7 Å². The van der Waals surface area contributed by atoms with E-state index in [0.717, 1.165) is 0 Å². The molecule has 1 rings (SSSR count). The average molecular weight is 172 g/mol. The van der Waals surface area contributed by atoms with Gasteiger partial charge in [0.05, 0.1) is 0 Å². The fraction of sp³-hybridized carbons (Fsp3) is 0.500. The molecule has 0 aromatic rings. The molecule has 0 radical (unpaired) electrons. The Morgan fingerprint density at radius 3 is 1.83 bits per heavy atom. The van der Waals surface area contributed by atoms with E-state index in [0.29, 0.717) is 0 Å². The summed E-state index contributed by atoms with van der Waals surface area (Å²) in [4.78, 5) is 0. The quantitative estimate of drug-likeness (QED) is 0.565. The van der Waals surface area contributed by atoms with E-state index in [2.05, 4.69) is 0 Å². The maximum absolute atomic E-state index is 9.45. The Kier molecular flexibility index (Phi) is 2.34. The highest BCUT2D eigenvalue weighted by Gasteiger charge is 2.48. The van der Waals surface area contributed by atoms with Gasteiger partial charge in [0.2, 0.25) is 11.6 Å². The van der Waals surface area contributed by atoms with Crippen LogP contribution in [0.3, 0.4) is 0 Å². The van der Waals surface area contributed by atoms with Crippen LogP contribution in [0.25, 0.3) is 0 Å². The molecular formula is C8H12O4. The number of aliphatic hydroxyl groups is 2. The van der Waals surface area contributed by atoms with Crippen LogP contribution >= 0.6 is 0 Å². The normalized spacial score (nSPS) is 24.3. The molecule has 2 N–H and O–H groups in total. The van der Waals surface area contributed by atoms with Crippen molar-refractivity contribution in [3.05, 3.63) is 24.3 Å². The van der Waals surface area contributed by atoms with Gasteiger partial charge in [-0.15, -0.1) is 0 Å². The van der Waals surface area contributed by atoms with Crippen LogP contribution in [0.15, 0.2) is 24.3 Å². The molecule has 1 aliphatic rings. The Bertz CT molecular complexity index is 213. The summed E-state index contributed by atoms with van der Waals surface area (Å²) in [7, 11) is 2.68. The smallest absolute Gasteiger partial charge is 0.247 e. The van der Waals surface area contributed by atoms with E-state index in [4.69, 9.17) is 9.47 Å². The Morgan fingerprint density at radius 1 is 1.00 bits per heavy atom. The molecule has 12 heavy (non-hydrogen) atoms. The number of hydrogen-bond donors (Lipinski definition) is 2. The molecule has 0 aliphatic heterocycles. The molecule has 4 heteroatoms. The summed E-state index contributed by atoms with van der Waals surface area (Å²) in [5, 5.41) is 18.9. The minimum Gasteiger partial charge on any atom is -0.358 e. The summed E-state index contributed by atoms with van der Waals surface area (Å²) >= 11 is 0. The molecule has 0 fully saturated rings. The predicted molar refractivity (Wildman–Crippen MR) is 42.2 cm³/mol. The SMILES string of the molecule is COC1(OC)C=CC=CC1(O)O. The molecule has 0 bridgehead atoms. The van der Waals surface area contributed by atoms with Crippen molar-refractivity contribution in [1.82, 2.24) is 0 Å². The molecule has 0 aromatic carbocycles. The van der Waals surface area contributed by atoms with Crippen LogP contribution in [-0.4, -0.2) is 36.0 Å². The molecule has 0 atom stereocenters. The van der Waals surface area contributed by atoms with Gasteiger partial charge in [-0.2, -0.15) is 0 Å². The van der Waals surface area contributed by atoms with Gasteiger partial charge in [-0.1, -0.05) is 12.2 Å². The largest absolute Gasteiger partial charge is 0.358 e. The molecule has 68 valence electrons. The van der Waals surface area contributed by atoms with E-state index < -0.39 is 11.6 Å². The second kappa shape index (κ2) is 2.99. The lowest BCUT2D eigenvalue weighted by Gasteiger charge is -2.38. The standard InChI is InChI=1S/C8H12O4/c1-11-8(12-2)6-4-3-5-7(8,9)10/h3-6,9-10H,1-2H3. The zero-order valence-corrected chi connectivity index (χ0v) is 7.02. The summed E-state index contributed by atoms with van der Waals surface area (Å²) in [6, 6.07) is 0. The minimum absolute atomic E-state index is 1.19. The van der Waals surface area contributed by atoms with Crippen LogP contribution < -0.4 is 0 Å². The second-order valence-electron chi connectivity index (χ2n) is 2.52. The first-order chi connectivity index (χ1) is 5.58. The van der Waals surface area contributed by atoms with Crippen LogP contribution in [0.1, 0.15) is 0 Å². The lowest BCUT2D eigenvalue weighted by Crippen LogP contribution is -2.55. The van der Waals surface area contributed by atoms with E-state index >= 15 is 0 Å². The Hall–Kier alpha value is -0.680. The summed E-state index contributed by atoms with van der Waals surface area (Å²) in [5.41, 5.74) is 0. The van der Waals surface area contributed by atoms with Gasteiger partial charge >= 0.3 is 0 Å². The zero-order valence-electron chi connectivity index (χ0n) is 7.02. The van der Waals surface area contributed by atoms with E-state index in [1.54, 1.807) is 6.08 Å². The third-order valence-electron chi connectivity index (χ3n) is 1.87. The van der Waals surface area contributed by atoms with Crippen molar-refractivity contribution in [3.63, 3.8) is 0 Å². The molecule has 0 saturated carbocycles. The summed E-state index contributed by atoms with van der Waals surface area (Å²) < 4.78 is 9.77. The number of methoxy groups -OCH3 is 2. The van der Waals surface area contributed by atoms with Crippen molar-refractivity contribution in [2.24, 2.45) is 0 Å². The zero-order chi connectivity index (χ0) is 9.24. The van der Waals surface area contributed by atoms with Gasteiger partial charge in [-0.3, -0.25) is 0 Å². The molecule has 0 saturated heterocycles. The monoisotopic (exact) mass is 172 g/mol. The van der Waals surface area contributed by atoms with Crippen LogP contribution in [0.5, 0.6) is 0 Å². The maximum atomic E-state index is 9.45. The Morgan fingerprint density at radius 2 is 1.50 bits per heavy atom. The van der Waals surface area contributed by atoms with Gasteiger partial charge in [0.1, 0.15) is 0 Å². The second-order valence-corrected chi connectivity index (χ2v) is 2.52. The third kappa shape index (κ3) is 1.19. The van der Waals surface area contributed by atoms with E-state index in [1.165, 1.54) is 32.4 Å². The minimum atomic E-state index is -2.12. The number of rotatable bonds is 2. The number of hydrogen-bond acceptors (Lipinski definition) is 4. The highest BCUT2D eigenvalue weighted by Crippen LogP contribution is 2.30. The van der Waals surface area contributed by atoms with E-state index in [-0.39, 0.29) is 0 Å². The van der Waals surface area contributed by atoms with Gasteiger partial charge in [0, 0.05) is 14.2 Å². The van der Waals surface area contributed by atoms with Crippen molar-refractivity contribution in [1.29, 1.82) is 0 Å². The fourth-order valence-electron chi connectivity index (χ4n) is 1.13. The molecule has 0 heterocycles. The van der Waals surface area contributed by atoms with Gasteiger partial charge in [0.25, 0.3) is 0 Å². The average Bonchev–Trinajstić information content (AvgIpc) is 2.05. The van der Waals surface area contributed by atoms with Crippen LogP contribution in [0.4, 0.5) is 0 Å². The Balaban J connectivity index is 3.01. The molecular weight excluding hydrogens is 160 g/mol. The highest BCUT2D eigenvalue weighted by molar-refractivity contribution is 5.23. The summed E-state index contributed by atoms with van der Waals surface area (Å²) in [6.07, 6.45) is 5.76. The van der Waals surface area contributed by atoms with Crippen molar-refractivity contribution in [2.75, 3.05) is 14.2 Å². The molecule has 0 amide bonds. The van der Waals surface area contributed by atoms with Crippen LogP contribution in [-0.2, 0) is 9.47 Å². The predicted octanol–water partition coefficient (Wildman–Crippen LogP) is -0.218. The highest BCUT2D eigenvalue weighted by atomic mass is 16.7. The van der Waals surface area contributed by atoms with Crippen LogP contribution in [0, 0.1) is 0 Å². The van der Waals surface area contributed by atoms with Gasteiger partial charge < -0.3 is 19.7 Å². The van der Waals surface area contributed by atoms with E-state index in [1.807, 2.05) is 0 Å². The molecule has 1 aliphatic carbocycles. The van der Waals surface area contributed by atoms with Crippen molar-refractivity contribution in [3.8, 4) is 0 Å². The maximum Gasteiger partial charge on any atom is 0.247 e. The topological polar surface area (TPSA) is 58.9 Å².